The standard InChI is InChI=1S/C24H19FN4O3S2/c1-14-18(10-20-23(31)29(24(33)34-20)13-17-4-3-9-32-17)21(28(2)22(30)19(14)11-26)27-12-15-5-7-16(25)8-6-15/h3-10,27H,12-13H2,1-2H3/b20-10+. The first-order valence-electron chi connectivity index (χ1n) is 10.2. The zero-order valence-electron chi connectivity index (χ0n) is 18.3. The molecule has 172 valence electrons. The second kappa shape index (κ2) is 9.67. The number of hydrogen-bond donors (Lipinski definition) is 1. The molecule has 0 radical (unpaired) electrons. The molecule has 0 bridgehead atoms. The number of halogens is 1. The number of nitrogens with one attached hydrogen (secondary N) is 1. The Morgan fingerprint density at radius 1 is 1.26 bits per heavy atom. The van der Waals surface area contributed by atoms with Crippen LogP contribution in [0.4, 0.5) is 10.2 Å². The lowest BCUT2D eigenvalue weighted by Gasteiger charge is -2.18. The minimum Gasteiger partial charge on any atom is -0.467 e. The number of benzene rings is 1. The van der Waals surface area contributed by atoms with Gasteiger partial charge in [0.2, 0.25) is 0 Å². The Bertz CT molecular complexity index is 1400. The molecule has 4 rings (SSSR count). The molecule has 1 aromatic carbocycles. The van der Waals surface area contributed by atoms with E-state index in [0.29, 0.717) is 38.5 Å². The van der Waals surface area contributed by atoms with E-state index in [1.54, 1.807) is 44.3 Å². The molecule has 3 aromatic rings. The van der Waals surface area contributed by atoms with Gasteiger partial charge in [-0.3, -0.25) is 19.1 Å². The van der Waals surface area contributed by atoms with Gasteiger partial charge in [-0.15, -0.1) is 0 Å². The lowest BCUT2D eigenvalue weighted by molar-refractivity contribution is -0.122. The molecular weight excluding hydrogens is 475 g/mol. The number of nitriles is 1. The molecule has 3 heterocycles. The van der Waals surface area contributed by atoms with Gasteiger partial charge in [-0.2, -0.15) is 5.26 Å². The maximum absolute atomic E-state index is 13.3. The van der Waals surface area contributed by atoms with E-state index >= 15 is 0 Å². The smallest absolute Gasteiger partial charge is 0.270 e. The van der Waals surface area contributed by atoms with Crippen LogP contribution < -0.4 is 10.9 Å². The summed E-state index contributed by atoms with van der Waals surface area (Å²) in [5, 5.41) is 12.8. The predicted octanol–water partition coefficient (Wildman–Crippen LogP) is 4.31. The van der Waals surface area contributed by atoms with E-state index < -0.39 is 5.56 Å². The van der Waals surface area contributed by atoms with E-state index in [1.165, 1.54) is 27.9 Å². The largest absolute Gasteiger partial charge is 0.467 e. The van der Waals surface area contributed by atoms with E-state index in [4.69, 9.17) is 16.6 Å². The summed E-state index contributed by atoms with van der Waals surface area (Å²) >= 11 is 6.55. The Kier molecular flexibility index (Phi) is 6.68. The van der Waals surface area contributed by atoms with Crippen molar-refractivity contribution in [1.82, 2.24) is 9.47 Å². The monoisotopic (exact) mass is 494 g/mol. The quantitative estimate of drug-likeness (QED) is 0.403. The molecule has 34 heavy (non-hydrogen) atoms. The molecule has 1 saturated heterocycles. The number of hydrogen-bond acceptors (Lipinski definition) is 7. The van der Waals surface area contributed by atoms with Gasteiger partial charge in [0.25, 0.3) is 11.5 Å². The van der Waals surface area contributed by atoms with Crippen LogP contribution in [-0.2, 0) is 24.9 Å². The van der Waals surface area contributed by atoms with E-state index in [-0.39, 0.29) is 23.8 Å². The van der Waals surface area contributed by atoms with Crippen LogP contribution in [0.1, 0.15) is 28.0 Å². The molecule has 1 amide bonds. The lowest BCUT2D eigenvalue weighted by Crippen LogP contribution is -2.27. The van der Waals surface area contributed by atoms with Crippen LogP contribution in [0.15, 0.2) is 56.8 Å². The molecule has 1 aliphatic rings. The maximum Gasteiger partial charge on any atom is 0.270 e. The molecule has 0 unspecified atom stereocenters. The fourth-order valence-electron chi connectivity index (χ4n) is 3.56. The minimum atomic E-state index is -0.455. The number of nitrogens with zero attached hydrogens (tertiary/aromatic N) is 3. The molecule has 1 N–H and O–H groups in total. The van der Waals surface area contributed by atoms with Crippen LogP contribution in [-0.4, -0.2) is 19.7 Å². The number of pyridine rings is 1. The van der Waals surface area contributed by atoms with Gasteiger partial charge in [-0.25, -0.2) is 4.39 Å². The van der Waals surface area contributed by atoms with Gasteiger partial charge >= 0.3 is 0 Å². The number of aromatic nitrogens is 1. The zero-order valence-corrected chi connectivity index (χ0v) is 19.9. The number of furan rings is 1. The summed E-state index contributed by atoms with van der Waals surface area (Å²) in [5.41, 5.74) is 1.31. The summed E-state index contributed by atoms with van der Waals surface area (Å²) in [6.07, 6.45) is 3.17. The number of rotatable bonds is 6. The Labute approximate surface area is 204 Å². The van der Waals surface area contributed by atoms with Crippen molar-refractivity contribution in [2.45, 2.75) is 20.0 Å². The second-order valence-electron chi connectivity index (χ2n) is 7.57. The number of amides is 1. The van der Waals surface area contributed by atoms with Gasteiger partial charge in [0, 0.05) is 19.2 Å². The van der Waals surface area contributed by atoms with Crippen molar-refractivity contribution < 1.29 is 13.6 Å². The third-order valence-electron chi connectivity index (χ3n) is 5.42. The summed E-state index contributed by atoms with van der Waals surface area (Å²) in [6, 6.07) is 11.4. The average molecular weight is 495 g/mol. The summed E-state index contributed by atoms with van der Waals surface area (Å²) in [7, 11) is 1.55. The Morgan fingerprint density at radius 3 is 2.65 bits per heavy atom. The summed E-state index contributed by atoms with van der Waals surface area (Å²) in [5.74, 6) is 0.400. The molecule has 1 aliphatic heterocycles. The third kappa shape index (κ3) is 4.53. The number of carbonyl (C=O) groups excluding carboxylic acids is 1. The normalized spacial score (nSPS) is 14.6. The number of thioether (sulfide) groups is 1. The van der Waals surface area contributed by atoms with Crippen LogP contribution in [0.2, 0.25) is 0 Å². The molecule has 0 spiro atoms. The van der Waals surface area contributed by atoms with Gasteiger partial charge in [0.1, 0.15) is 33.3 Å². The highest BCUT2D eigenvalue weighted by Gasteiger charge is 2.33. The van der Waals surface area contributed by atoms with Crippen molar-refractivity contribution in [3.8, 4) is 6.07 Å². The number of carbonyl (C=O) groups is 1. The first kappa shape index (κ1) is 23.5. The first-order valence-corrected chi connectivity index (χ1v) is 11.4. The number of anilines is 1. The predicted molar refractivity (Wildman–Crippen MR) is 132 cm³/mol. The van der Waals surface area contributed by atoms with Crippen molar-refractivity contribution in [2.24, 2.45) is 7.05 Å². The fraction of sp³-hybridized carbons (Fsp3) is 0.167. The maximum atomic E-state index is 13.3. The van der Waals surface area contributed by atoms with Crippen LogP contribution in [0.5, 0.6) is 0 Å². The highest BCUT2D eigenvalue weighted by molar-refractivity contribution is 8.26. The Balaban J connectivity index is 1.73. The SMILES string of the molecule is Cc1c(/C=C2/SC(=S)N(Cc3ccco3)C2=O)c(NCc2ccc(F)cc2)n(C)c(=O)c1C#N. The highest BCUT2D eigenvalue weighted by Crippen LogP contribution is 2.35. The first-order chi connectivity index (χ1) is 16.3. The lowest BCUT2D eigenvalue weighted by atomic mass is 10.0. The minimum absolute atomic E-state index is 0.00727. The van der Waals surface area contributed by atoms with Gasteiger partial charge in [-0.1, -0.05) is 36.1 Å². The van der Waals surface area contributed by atoms with Crippen LogP contribution >= 0.6 is 24.0 Å². The summed E-state index contributed by atoms with van der Waals surface area (Å²) < 4.78 is 20.3. The van der Waals surface area contributed by atoms with Crippen LogP contribution in [0.3, 0.4) is 0 Å². The van der Waals surface area contributed by atoms with E-state index in [2.05, 4.69) is 5.32 Å². The van der Waals surface area contributed by atoms with Crippen molar-refractivity contribution in [2.75, 3.05) is 5.32 Å². The highest BCUT2D eigenvalue weighted by atomic mass is 32.2. The fourth-order valence-corrected chi connectivity index (χ4v) is 4.80. The van der Waals surface area contributed by atoms with Crippen molar-refractivity contribution in [1.29, 1.82) is 5.26 Å². The van der Waals surface area contributed by atoms with Gasteiger partial charge in [0.15, 0.2) is 0 Å². The van der Waals surface area contributed by atoms with Gasteiger partial charge < -0.3 is 9.73 Å². The molecule has 1 fully saturated rings. The molecule has 0 aliphatic carbocycles. The van der Waals surface area contributed by atoms with Crippen molar-refractivity contribution >= 4 is 46.1 Å². The summed E-state index contributed by atoms with van der Waals surface area (Å²) in [4.78, 5) is 27.7. The van der Waals surface area contributed by atoms with E-state index in [9.17, 15) is 19.2 Å². The third-order valence-corrected chi connectivity index (χ3v) is 6.79. The Hall–Kier alpha value is -3.68. The molecule has 0 saturated carbocycles. The second-order valence-corrected chi connectivity index (χ2v) is 9.24. The van der Waals surface area contributed by atoms with Crippen LogP contribution in [0, 0.1) is 24.1 Å². The topological polar surface area (TPSA) is 91.3 Å². The molecular formula is C24H19FN4O3S2. The average Bonchev–Trinajstić information content (AvgIpc) is 3.42. The van der Waals surface area contributed by atoms with E-state index in [1.807, 2.05) is 6.07 Å². The zero-order chi connectivity index (χ0) is 24.4. The Morgan fingerprint density at radius 2 is 2.00 bits per heavy atom. The van der Waals surface area contributed by atoms with E-state index in [0.717, 1.165) is 17.3 Å². The molecule has 2 aromatic heterocycles. The molecule has 10 heteroatoms. The number of thiocarbonyl (C=S) groups is 1. The van der Waals surface area contributed by atoms with Crippen molar-refractivity contribution in [3.05, 3.63) is 91.8 Å². The summed E-state index contributed by atoms with van der Waals surface area (Å²) in [6.45, 7) is 2.18. The van der Waals surface area contributed by atoms with Gasteiger partial charge in [0.05, 0.1) is 17.7 Å². The van der Waals surface area contributed by atoms with Crippen molar-refractivity contribution in [3.63, 3.8) is 0 Å². The molecule has 7 nitrogen and oxygen atoms in total. The molecule has 0 atom stereocenters. The van der Waals surface area contributed by atoms with Gasteiger partial charge in [-0.05, 0) is 48.4 Å². The van der Waals surface area contributed by atoms with Crippen LogP contribution in [0.25, 0.3) is 6.08 Å².